The third kappa shape index (κ3) is 6.63. The van der Waals surface area contributed by atoms with Gasteiger partial charge >= 0.3 is 0 Å². The highest BCUT2D eigenvalue weighted by Gasteiger charge is 2.37. The molecule has 0 spiro atoms. The summed E-state index contributed by atoms with van der Waals surface area (Å²) in [6.07, 6.45) is 3.15. The van der Waals surface area contributed by atoms with Crippen molar-refractivity contribution in [2.75, 3.05) is 6.54 Å². The first-order valence-electron chi connectivity index (χ1n) is 14.2. The van der Waals surface area contributed by atoms with Gasteiger partial charge in [0.2, 0.25) is 0 Å². The normalized spacial score (nSPS) is 17.9. The van der Waals surface area contributed by atoms with Crippen LogP contribution in [0.3, 0.4) is 0 Å². The highest BCUT2D eigenvalue weighted by molar-refractivity contribution is 5.97. The number of fused-ring (bicyclic) bond motifs is 1. The van der Waals surface area contributed by atoms with Gasteiger partial charge in [0.15, 0.2) is 0 Å². The Hall–Kier alpha value is -2.93. The van der Waals surface area contributed by atoms with Gasteiger partial charge in [-0.3, -0.25) is 4.79 Å². The summed E-state index contributed by atoms with van der Waals surface area (Å²) in [5.41, 5.74) is 4.17. The SMILES string of the molecule is CC1(C)CC(CCNC(=O)c2ccc3nn(-c4cc(C(C)(C)C)cc(C(C)(C)C)c4O)nc3c2)CC(C)(C)N1. The third-order valence-electron chi connectivity index (χ3n) is 7.73. The van der Waals surface area contributed by atoms with Crippen LogP contribution < -0.4 is 10.6 Å². The molecule has 39 heavy (non-hydrogen) atoms. The quantitative estimate of drug-likeness (QED) is 0.353. The molecule has 1 aliphatic heterocycles. The number of piperidine rings is 1. The zero-order chi connectivity index (χ0) is 29.0. The number of carbonyl (C=O) groups is 1. The minimum Gasteiger partial charge on any atom is -0.505 e. The smallest absolute Gasteiger partial charge is 0.251 e. The Morgan fingerprint density at radius 3 is 2.18 bits per heavy atom. The molecule has 1 fully saturated rings. The first-order chi connectivity index (χ1) is 17.8. The zero-order valence-electron chi connectivity index (χ0n) is 25.5. The minimum atomic E-state index is -0.252. The summed E-state index contributed by atoms with van der Waals surface area (Å²) in [6, 6.07) is 9.43. The lowest BCUT2D eigenvalue weighted by Crippen LogP contribution is -2.58. The van der Waals surface area contributed by atoms with Gasteiger partial charge < -0.3 is 15.7 Å². The summed E-state index contributed by atoms with van der Waals surface area (Å²) in [6.45, 7) is 22.4. The highest BCUT2D eigenvalue weighted by Crippen LogP contribution is 2.39. The van der Waals surface area contributed by atoms with Crippen LogP contribution in [-0.4, -0.2) is 43.6 Å². The molecule has 4 rings (SSSR count). The van der Waals surface area contributed by atoms with Gasteiger partial charge in [0.1, 0.15) is 22.5 Å². The lowest BCUT2D eigenvalue weighted by molar-refractivity contribution is 0.0939. The van der Waals surface area contributed by atoms with Crippen LogP contribution in [0.1, 0.15) is 110 Å². The van der Waals surface area contributed by atoms with Gasteiger partial charge in [-0.2, -0.15) is 0 Å². The van der Waals surface area contributed by atoms with Crippen LogP contribution in [0, 0.1) is 5.92 Å². The van der Waals surface area contributed by atoms with Crippen LogP contribution in [0.4, 0.5) is 0 Å². The maximum absolute atomic E-state index is 13.0. The summed E-state index contributed by atoms with van der Waals surface area (Å²) >= 11 is 0. The van der Waals surface area contributed by atoms with E-state index in [1.54, 1.807) is 12.1 Å². The summed E-state index contributed by atoms with van der Waals surface area (Å²) in [4.78, 5) is 14.5. The molecule has 7 nitrogen and oxygen atoms in total. The summed E-state index contributed by atoms with van der Waals surface area (Å²) in [5.74, 6) is 0.637. The topological polar surface area (TPSA) is 92.1 Å². The van der Waals surface area contributed by atoms with Crippen LogP contribution in [0.2, 0.25) is 0 Å². The lowest BCUT2D eigenvalue weighted by Gasteiger charge is -2.46. The molecule has 0 bridgehead atoms. The van der Waals surface area contributed by atoms with Gasteiger partial charge in [0.25, 0.3) is 5.91 Å². The second-order valence-electron chi connectivity index (χ2n) is 14.8. The number of carbonyl (C=O) groups excluding carboxylic acids is 1. The van der Waals surface area contributed by atoms with E-state index in [0.717, 1.165) is 30.4 Å². The van der Waals surface area contributed by atoms with Gasteiger partial charge in [0, 0.05) is 28.7 Å². The molecule has 3 aromatic rings. The third-order valence-corrected chi connectivity index (χ3v) is 7.73. The zero-order valence-corrected chi connectivity index (χ0v) is 25.5. The Labute approximate surface area is 233 Å². The van der Waals surface area contributed by atoms with E-state index >= 15 is 0 Å². The van der Waals surface area contributed by atoms with Crippen LogP contribution in [0.5, 0.6) is 5.75 Å². The summed E-state index contributed by atoms with van der Waals surface area (Å²) < 4.78 is 0. The van der Waals surface area contributed by atoms with Crippen molar-refractivity contribution in [2.24, 2.45) is 5.92 Å². The number of hydrogen-bond acceptors (Lipinski definition) is 5. The fourth-order valence-electron chi connectivity index (χ4n) is 6.17. The van der Waals surface area contributed by atoms with Gasteiger partial charge in [-0.1, -0.05) is 47.6 Å². The minimum absolute atomic E-state index is 0.0990. The number of amides is 1. The van der Waals surface area contributed by atoms with E-state index in [0.29, 0.717) is 34.7 Å². The van der Waals surface area contributed by atoms with Crippen LogP contribution in [0.15, 0.2) is 30.3 Å². The Morgan fingerprint density at radius 2 is 1.59 bits per heavy atom. The molecule has 1 aromatic heterocycles. The molecule has 7 heteroatoms. The molecule has 0 atom stereocenters. The second-order valence-corrected chi connectivity index (χ2v) is 14.8. The largest absolute Gasteiger partial charge is 0.505 e. The van der Waals surface area contributed by atoms with Gasteiger partial charge in [-0.25, -0.2) is 0 Å². The maximum atomic E-state index is 13.0. The Morgan fingerprint density at radius 1 is 0.974 bits per heavy atom. The van der Waals surface area contributed by atoms with Crippen LogP contribution in [0.25, 0.3) is 16.7 Å². The Bertz CT molecular complexity index is 1360. The monoisotopic (exact) mass is 533 g/mol. The first kappa shape index (κ1) is 29.1. The van der Waals surface area contributed by atoms with Crippen molar-refractivity contribution in [3.05, 3.63) is 47.0 Å². The molecule has 1 aliphatic rings. The fraction of sp³-hybridized carbons (Fsp3) is 0.594. The number of phenols is 1. The van der Waals surface area contributed by atoms with Crippen molar-refractivity contribution >= 4 is 16.9 Å². The van der Waals surface area contributed by atoms with Crippen molar-refractivity contribution in [3.63, 3.8) is 0 Å². The second kappa shape index (κ2) is 9.92. The number of hydrogen-bond donors (Lipinski definition) is 3. The van der Waals surface area contributed by atoms with E-state index in [1.165, 1.54) is 4.80 Å². The molecule has 212 valence electrons. The van der Waals surface area contributed by atoms with E-state index < -0.39 is 0 Å². The van der Waals surface area contributed by atoms with Crippen molar-refractivity contribution in [3.8, 4) is 11.4 Å². The summed E-state index contributed by atoms with van der Waals surface area (Å²) in [7, 11) is 0. The Balaban J connectivity index is 1.54. The molecule has 0 unspecified atom stereocenters. The van der Waals surface area contributed by atoms with Crippen LogP contribution in [-0.2, 0) is 10.8 Å². The van der Waals surface area contributed by atoms with Crippen molar-refractivity contribution < 1.29 is 9.90 Å². The molecule has 2 aromatic carbocycles. The number of aromatic nitrogens is 3. The molecule has 0 aliphatic carbocycles. The number of aromatic hydroxyl groups is 1. The number of rotatable bonds is 5. The number of benzene rings is 2. The molecular weight excluding hydrogens is 486 g/mol. The van der Waals surface area contributed by atoms with Crippen LogP contribution >= 0.6 is 0 Å². The molecule has 0 radical (unpaired) electrons. The molecule has 3 N–H and O–H groups in total. The molecule has 0 saturated carbocycles. The first-order valence-corrected chi connectivity index (χ1v) is 14.2. The molecule has 1 amide bonds. The number of nitrogens with zero attached hydrogens (tertiary/aromatic N) is 3. The summed E-state index contributed by atoms with van der Waals surface area (Å²) in [5, 5.41) is 27.4. The predicted molar refractivity (Wildman–Crippen MR) is 159 cm³/mol. The average molecular weight is 534 g/mol. The number of phenolic OH excluding ortho intramolecular Hbond substituents is 1. The van der Waals surface area contributed by atoms with Crippen molar-refractivity contribution in [1.29, 1.82) is 0 Å². The Kier molecular flexibility index (Phi) is 7.39. The highest BCUT2D eigenvalue weighted by atomic mass is 16.3. The van der Waals surface area contributed by atoms with Gasteiger partial charge in [-0.05, 0) is 93.5 Å². The molecule has 2 heterocycles. The average Bonchev–Trinajstić information content (AvgIpc) is 3.18. The van der Waals surface area contributed by atoms with E-state index in [9.17, 15) is 9.90 Å². The van der Waals surface area contributed by atoms with E-state index in [2.05, 4.69) is 96.1 Å². The van der Waals surface area contributed by atoms with Crippen molar-refractivity contribution in [1.82, 2.24) is 25.6 Å². The molecular formula is C32H47N5O2. The van der Waals surface area contributed by atoms with Gasteiger partial charge in [0.05, 0.1) is 0 Å². The van der Waals surface area contributed by atoms with Crippen molar-refractivity contribution in [2.45, 2.75) is 110 Å². The molecule has 1 saturated heterocycles. The maximum Gasteiger partial charge on any atom is 0.251 e. The number of nitrogens with one attached hydrogen (secondary N) is 2. The van der Waals surface area contributed by atoms with E-state index in [4.69, 9.17) is 0 Å². The standard InChI is InChI=1S/C32H47N5O2/c1-29(2,3)22-16-23(30(4,5)6)27(38)26(17-22)37-34-24-12-11-21(15-25(24)35-37)28(39)33-14-13-20-18-31(7,8)36-32(9,10)19-20/h11-12,15-17,20,36,38H,13-14,18-19H2,1-10H3,(H,33,39). The predicted octanol–water partition coefficient (Wildman–Crippen LogP) is 6.40. The van der Waals surface area contributed by atoms with Gasteiger partial charge in [-0.15, -0.1) is 15.0 Å². The van der Waals surface area contributed by atoms with E-state index in [1.807, 2.05) is 12.1 Å². The van der Waals surface area contributed by atoms with E-state index in [-0.39, 0.29) is 33.6 Å². The fourth-order valence-corrected chi connectivity index (χ4v) is 6.17. The lowest BCUT2D eigenvalue weighted by atomic mass is 9.75.